The van der Waals surface area contributed by atoms with Crippen LogP contribution in [0.1, 0.15) is 16.1 Å². The first kappa shape index (κ1) is 15.2. The van der Waals surface area contributed by atoms with Gasteiger partial charge in [0.05, 0.1) is 11.6 Å². The van der Waals surface area contributed by atoms with E-state index in [-0.39, 0.29) is 17.5 Å². The molecule has 0 saturated carbocycles. The van der Waals surface area contributed by atoms with Crippen molar-refractivity contribution in [3.63, 3.8) is 0 Å². The Morgan fingerprint density at radius 3 is 2.57 bits per heavy atom. The molecular weight excluding hydrogens is 311 g/mol. The van der Waals surface area contributed by atoms with Gasteiger partial charge in [0.1, 0.15) is 17.8 Å². The standard InChI is InChI=1S/C14H12F3N5O/c15-14(16,17)11-2-1-9(5-19-11)13(23)22-6-10(7-22)21-12-3-4-18-8-20-12/h1-5,8,10H,6-7H2,(H,18,20,21). The van der Waals surface area contributed by atoms with Gasteiger partial charge in [-0.25, -0.2) is 9.97 Å². The lowest BCUT2D eigenvalue weighted by molar-refractivity contribution is -0.141. The summed E-state index contributed by atoms with van der Waals surface area (Å²) in [6.45, 7) is 0.897. The summed E-state index contributed by atoms with van der Waals surface area (Å²) in [7, 11) is 0. The topological polar surface area (TPSA) is 71.0 Å². The molecule has 0 aliphatic carbocycles. The summed E-state index contributed by atoms with van der Waals surface area (Å²) in [5.41, 5.74) is -0.876. The van der Waals surface area contributed by atoms with Crippen LogP contribution in [0.25, 0.3) is 0 Å². The molecule has 0 bridgehead atoms. The van der Waals surface area contributed by atoms with Gasteiger partial charge in [0, 0.05) is 25.5 Å². The van der Waals surface area contributed by atoms with Crippen LogP contribution in [0, 0.1) is 0 Å². The van der Waals surface area contributed by atoms with E-state index in [1.165, 1.54) is 11.2 Å². The molecule has 0 aromatic carbocycles. The van der Waals surface area contributed by atoms with Gasteiger partial charge in [-0.05, 0) is 18.2 Å². The lowest BCUT2D eigenvalue weighted by atomic mass is 10.1. The van der Waals surface area contributed by atoms with E-state index in [9.17, 15) is 18.0 Å². The minimum absolute atomic E-state index is 0.0521. The van der Waals surface area contributed by atoms with Crippen LogP contribution >= 0.6 is 0 Å². The van der Waals surface area contributed by atoms with Gasteiger partial charge in [0.25, 0.3) is 5.91 Å². The van der Waals surface area contributed by atoms with Crippen molar-refractivity contribution in [3.05, 3.63) is 48.2 Å². The van der Waals surface area contributed by atoms with Gasteiger partial charge in [-0.3, -0.25) is 9.78 Å². The number of halogens is 3. The highest BCUT2D eigenvalue weighted by Gasteiger charge is 2.34. The van der Waals surface area contributed by atoms with Gasteiger partial charge < -0.3 is 10.2 Å². The lowest BCUT2D eigenvalue weighted by Crippen LogP contribution is -2.57. The maximum absolute atomic E-state index is 12.4. The van der Waals surface area contributed by atoms with Crippen molar-refractivity contribution in [2.45, 2.75) is 12.2 Å². The third-order valence-electron chi connectivity index (χ3n) is 3.40. The Morgan fingerprint density at radius 1 is 1.22 bits per heavy atom. The van der Waals surface area contributed by atoms with Gasteiger partial charge in [-0.2, -0.15) is 13.2 Å². The number of likely N-dealkylation sites (tertiary alicyclic amines) is 1. The highest BCUT2D eigenvalue weighted by Crippen LogP contribution is 2.27. The fourth-order valence-electron chi connectivity index (χ4n) is 2.19. The molecule has 1 fully saturated rings. The molecule has 1 saturated heterocycles. The molecule has 1 aliphatic heterocycles. The third-order valence-corrected chi connectivity index (χ3v) is 3.40. The fourth-order valence-corrected chi connectivity index (χ4v) is 2.19. The molecular formula is C14H12F3N5O. The molecule has 3 heterocycles. The van der Waals surface area contributed by atoms with Crippen LogP contribution < -0.4 is 5.32 Å². The van der Waals surface area contributed by atoms with Crippen molar-refractivity contribution < 1.29 is 18.0 Å². The maximum atomic E-state index is 12.4. The minimum Gasteiger partial charge on any atom is -0.364 e. The average Bonchev–Trinajstić information content (AvgIpc) is 2.50. The Bertz CT molecular complexity index is 684. The number of amides is 1. The van der Waals surface area contributed by atoms with E-state index in [1.54, 1.807) is 12.3 Å². The van der Waals surface area contributed by atoms with Crippen molar-refractivity contribution in [2.75, 3.05) is 18.4 Å². The zero-order valence-electron chi connectivity index (χ0n) is 11.8. The molecule has 0 atom stereocenters. The van der Waals surface area contributed by atoms with Gasteiger partial charge in [0.2, 0.25) is 0 Å². The van der Waals surface area contributed by atoms with E-state index in [0.717, 1.165) is 18.3 Å². The lowest BCUT2D eigenvalue weighted by Gasteiger charge is -2.39. The van der Waals surface area contributed by atoms with Crippen molar-refractivity contribution in [2.24, 2.45) is 0 Å². The Kier molecular flexibility index (Phi) is 3.85. The summed E-state index contributed by atoms with van der Waals surface area (Å²) in [4.78, 5) is 24.8. The normalized spacial score (nSPS) is 15.2. The maximum Gasteiger partial charge on any atom is 0.433 e. The number of hydrogen-bond donors (Lipinski definition) is 1. The quantitative estimate of drug-likeness (QED) is 0.933. The zero-order chi connectivity index (χ0) is 16.4. The summed E-state index contributed by atoms with van der Waals surface area (Å²) >= 11 is 0. The Morgan fingerprint density at radius 2 is 2.00 bits per heavy atom. The molecule has 120 valence electrons. The number of carbonyl (C=O) groups excluding carboxylic acids is 1. The fraction of sp³-hybridized carbons (Fsp3) is 0.286. The third kappa shape index (κ3) is 3.38. The van der Waals surface area contributed by atoms with Gasteiger partial charge in [-0.15, -0.1) is 0 Å². The molecule has 1 amide bonds. The van der Waals surface area contributed by atoms with Crippen molar-refractivity contribution in [1.82, 2.24) is 19.9 Å². The summed E-state index contributed by atoms with van der Waals surface area (Å²) in [6, 6.07) is 3.72. The van der Waals surface area contributed by atoms with E-state index >= 15 is 0 Å². The van der Waals surface area contributed by atoms with Crippen LogP contribution in [0.5, 0.6) is 0 Å². The molecule has 0 radical (unpaired) electrons. The monoisotopic (exact) mass is 323 g/mol. The van der Waals surface area contributed by atoms with Crippen molar-refractivity contribution in [3.8, 4) is 0 Å². The minimum atomic E-state index is -4.51. The molecule has 0 spiro atoms. The Labute approximate surface area is 129 Å². The van der Waals surface area contributed by atoms with E-state index in [0.29, 0.717) is 18.9 Å². The zero-order valence-corrected chi connectivity index (χ0v) is 11.8. The van der Waals surface area contributed by atoms with Crippen LogP contribution in [-0.4, -0.2) is 44.9 Å². The number of alkyl halides is 3. The molecule has 2 aromatic rings. The highest BCUT2D eigenvalue weighted by molar-refractivity contribution is 5.94. The van der Waals surface area contributed by atoms with Gasteiger partial charge >= 0.3 is 6.18 Å². The summed E-state index contributed by atoms with van der Waals surface area (Å²) < 4.78 is 37.3. The molecule has 6 nitrogen and oxygen atoms in total. The first-order chi connectivity index (χ1) is 10.9. The smallest absolute Gasteiger partial charge is 0.364 e. The molecule has 0 unspecified atom stereocenters. The van der Waals surface area contributed by atoms with Crippen LogP contribution in [0.3, 0.4) is 0 Å². The molecule has 1 N–H and O–H groups in total. The Balaban J connectivity index is 1.56. The van der Waals surface area contributed by atoms with Crippen LogP contribution in [0.2, 0.25) is 0 Å². The van der Waals surface area contributed by atoms with Crippen LogP contribution in [0.15, 0.2) is 36.9 Å². The van der Waals surface area contributed by atoms with E-state index < -0.39 is 11.9 Å². The molecule has 23 heavy (non-hydrogen) atoms. The molecule has 9 heteroatoms. The average molecular weight is 323 g/mol. The highest BCUT2D eigenvalue weighted by atomic mass is 19.4. The summed E-state index contributed by atoms with van der Waals surface area (Å²) in [5.74, 6) is 0.320. The molecule has 3 rings (SSSR count). The second-order valence-corrected chi connectivity index (χ2v) is 5.08. The second-order valence-electron chi connectivity index (χ2n) is 5.08. The van der Waals surface area contributed by atoms with Gasteiger partial charge in [-0.1, -0.05) is 0 Å². The van der Waals surface area contributed by atoms with Crippen LogP contribution in [0.4, 0.5) is 19.0 Å². The van der Waals surface area contributed by atoms with Gasteiger partial charge in [0.15, 0.2) is 0 Å². The summed E-state index contributed by atoms with van der Waals surface area (Å²) in [6.07, 6.45) is -0.538. The first-order valence-corrected chi connectivity index (χ1v) is 6.78. The van der Waals surface area contributed by atoms with Crippen LogP contribution in [-0.2, 0) is 6.18 Å². The molecule has 1 aliphatic rings. The number of anilines is 1. The first-order valence-electron chi connectivity index (χ1n) is 6.78. The number of nitrogens with zero attached hydrogens (tertiary/aromatic N) is 4. The number of nitrogens with one attached hydrogen (secondary N) is 1. The number of carbonyl (C=O) groups is 1. The SMILES string of the molecule is O=C(c1ccc(C(F)(F)F)nc1)N1CC(Nc2ccncn2)C1. The van der Waals surface area contributed by atoms with E-state index in [1.807, 2.05) is 0 Å². The summed E-state index contributed by atoms with van der Waals surface area (Å²) in [5, 5.41) is 3.13. The van der Waals surface area contributed by atoms with Crippen molar-refractivity contribution in [1.29, 1.82) is 0 Å². The second kappa shape index (κ2) is 5.82. The molecule has 2 aromatic heterocycles. The van der Waals surface area contributed by atoms with E-state index in [2.05, 4.69) is 20.3 Å². The predicted octanol–water partition coefficient (Wildman–Crippen LogP) is 1.83. The van der Waals surface area contributed by atoms with Crippen molar-refractivity contribution >= 4 is 11.7 Å². The van der Waals surface area contributed by atoms with E-state index in [4.69, 9.17) is 0 Å². The number of aromatic nitrogens is 3. The number of rotatable bonds is 3. The predicted molar refractivity (Wildman–Crippen MR) is 74.6 cm³/mol. The number of hydrogen-bond acceptors (Lipinski definition) is 5. The Hall–Kier alpha value is -2.71. The number of pyridine rings is 1. The largest absolute Gasteiger partial charge is 0.433 e.